The molecule has 0 amide bonds. The van der Waals surface area contributed by atoms with Crippen LogP contribution in [0.1, 0.15) is 43.4 Å². The van der Waals surface area contributed by atoms with Gasteiger partial charge in [0.25, 0.3) is 0 Å². The van der Waals surface area contributed by atoms with E-state index in [0.29, 0.717) is 6.04 Å². The van der Waals surface area contributed by atoms with Crippen LogP contribution in [0.25, 0.3) is 0 Å². The molecular weight excluding hydrogens is 198 g/mol. The van der Waals surface area contributed by atoms with E-state index in [1.54, 1.807) is 0 Å². The Hall–Kier alpha value is -0.860. The second-order valence-electron chi connectivity index (χ2n) is 4.75. The van der Waals surface area contributed by atoms with Crippen LogP contribution in [-0.2, 0) is 6.42 Å². The molecule has 88 valence electrons. The molecule has 2 nitrogen and oxygen atoms in total. The molecule has 1 heterocycles. The molecule has 1 fully saturated rings. The molecule has 16 heavy (non-hydrogen) atoms. The smallest absolute Gasteiger partial charge is 0.0552 e. The summed E-state index contributed by atoms with van der Waals surface area (Å²) in [6, 6.07) is 8.98. The Balaban J connectivity index is 2.17. The quantitative estimate of drug-likeness (QED) is 0.818. The van der Waals surface area contributed by atoms with E-state index >= 15 is 0 Å². The maximum absolute atomic E-state index is 9.51. The summed E-state index contributed by atoms with van der Waals surface area (Å²) in [5, 5.41) is 13.1. The fourth-order valence-corrected chi connectivity index (χ4v) is 2.50. The molecule has 0 spiro atoms. The lowest BCUT2D eigenvalue weighted by Gasteiger charge is -2.26. The van der Waals surface area contributed by atoms with Crippen LogP contribution in [-0.4, -0.2) is 17.8 Å². The van der Waals surface area contributed by atoms with Gasteiger partial charge >= 0.3 is 0 Å². The summed E-state index contributed by atoms with van der Waals surface area (Å²) >= 11 is 0. The molecule has 0 aromatic heterocycles. The molecule has 2 unspecified atom stereocenters. The Kier molecular flexibility index (Phi) is 3.97. The van der Waals surface area contributed by atoms with Crippen LogP contribution in [0.15, 0.2) is 24.3 Å². The Morgan fingerprint density at radius 2 is 2.19 bits per heavy atom. The number of rotatable bonds is 3. The van der Waals surface area contributed by atoms with E-state index in [4.69, 9.17) is 0 Å². The summed E-state index contributed by atoms with van der Waals surface area (Å²) in [5.41, 5.74) is 2.67. The van der Waals surface area contributed by atoms with Crippen molar-refractivity contribution in [3.63, 3.8) is 0 Å². The van der Waals surface area contributed by atoms with E-state index in [2.05, 4.69) is 29.6 Å². The van der Waals surface area contributed by atoms with E-state index in [0.717, 1.165) is 13.0 Å². The summed E-state index contributed by atoms with van der Waals surface area (Å²) in [6.45, 7) is 2.97. The number of benzene rings is 1. The van der Waals surface area contributed by atoms with E-state index in [-0.39, 0.29) is 6.10 Å². The number of piperidine rings is 1. The van der Waals surface area contributed by atoms with Gasteiger partial charge in [-0.15, -0.1) is 0 Å². The average molecular weight is 219 g/mol. The van der Waals surface area contributed by atoms with Crippen molar-refractivity contribution in [1.29, 1.82) is 0 Å². The molecule has 0 saturated carbocycles. The van der Waals surface area contributed by atoms with Crippen LogP contribution in [0.3, 0.4) is 0 Å². The predicted octanol–water partition coefficient (Wildman–Crippen LogP) is 2.42. The predicted molar refractivity (Wildman–Crippen MR) is 66.4 cm³/mol. The molecule has 1 saturated heterocycles. The van der Waals surface area contributed by atoms with E-state index in [9.17, 15) is 5.11 Å². The maximum Gasteiger partial charge on any atom is 0.0552 e. The lowest BCUT2D eigenvalue weighted by atomic mass is 9.91. The standard InChI is InChI=1S/C14H21NO/c1-11(16)10-12-6-2-3-7-13(12)14-8-4-5-9-15-14/h2-3,6-7,11,14-16H,4-5,8-10H2,1H3. The summed E-state index contributed by atoms with van der Waals surface area (Å²) in [6.07, 6.45) is 4.31. The molecular formula is C14H21NO. The number of aliphatic hydroxyl groups is 1. The Bertz CT molecular complexity index is 329. The van der Waals surface area contributed by atoms with Gasteiger partial charge < -0.3 is 10.4 Å². The average Bonchev–Trinajstić information content (AvgIpc) is 2.30. The highest BCUT2D eigenvalue weighted by molar-refractivity contribution is 5.30. The van der Waals surface area contributed by atoms with Crippen molar-refractivity contribution in [2.24, 2.45) is 0 Å². The number of hydrogen-bond acceptors (Lipinski definition) is 2. The minimum atomic E-state index is -0.259. The minimum Gasteiger partial charge on any atom is -0.393 e. The molecule has 0 bridgehead atoms. The summed E-state index contributed by atoms with van der Waals surface area (Å²) in [7, 11) is 0. The van der Waals surface area contributed by atoms with Crippen molar-refractivity contribution >= 4 is 0 Å². The molecule has 2 rings (SSSR count). The van der Waals surface area contributed by atoms with Crippen LogP contribution >= 0.6 is 0 Å². The summed E-state index contributed by atoms with van der Waals surface area (Å²) in [5.74, 6) is 0. The lowest BCUT2D eigenvalue weighted by Crippen LogP contribution is -2.28. The molecule has 0 radical (unpaired) electrons. The Morgan fingerprint density at radius 1 is 1.38 bits per heavy atom. The van der Waals surface area contributed by atoms with Gasteiger partial charge in [-0.2, -0.15) is 0 Å². The van der Waals surface area contributed by atoms with Crippen molar-refractivity contribution in [1.82, 2.24) is 5.32 Å². The first-order valence-corrected chi connectivity index (χ1v) is 6.26. The van der Waals surface area contributed by atoms with Crippen LogP contribution < -0.4 is 5.32 Å². The van der Waals surface area contributed by atoms with Gasteiger partial charge in [0.1, 0.15) is 0 Å². The normalized spacial score (nSPS) is 23.0. The van der Waals surface area contributed by atoms with Gasteiger partial charge in [0.15, 0.2) is 0 Å². The van der Waals surface area contributed by atoms with Gasteiger partial charge in [0, 0.05) is 6.04 Å². The second kappa shape index (κ2) is 5.46. The van der Waals surface area contributed by atoms with Crippen molar-refractivity contribution in [2.45, 2.75) is 44.8 Å². The fourth-order valence-electron chi connectivity index (χ4n) is 2.50. The summed E-state index contributed by atoms with van der Waals surface area (Å²) < 4.78 is 0. The highest BCUT2D eigenvalue weighted by Crippen LogP contribution is 2.26. The molecule has 1 aromatic carbocycles. The van der Waals surface area contributed by atoms with Crippen molar-refractivity contribution in [2.75, 3.05) is 6.54 Å². The topological polar surface area (TPSA) is 32.3 Å². The number of aliphatic hydroxyl groups excluding tert-OH is 1. The van der Waals surface area contributed by atoms with Gasteiger partial charge in [-0.05, 0) is 43.9 Å². The zero-order valence-corrected chi connectivity index (χ0v) is 9.95. The third-order valence-corrected chi connectivity index (χ3v) is 3.26. The zero-order valence-electron chi connectivity index (χ0n) is 9.95. The zero-order chi connectivity index (χ0) is 11.4. The Labute approximate surface area is 97.7 Å². The second-order valence-corrected chi connectivity index (χ2v) is 4.75. The van der Waals surface area contributed by atoms with Crippen molar-refractivity contribution < 1.29 is 5.11 Å². The van der Waals surface area contributed by atoms with E-state index < -0.39 is 0 Å². The maximum atomic E-state index is 9.51. The number of hydrogen-bond donors (Lipinski definition) is 2. The van der Waals surface area contributed by atoms with E-state index in [1.807, 2.05) is 6.92 Å². The fraction of sp³-hybridized carbons (Fsp3) is 0.571. The van der Waals surface area contributed by atoms with Crippen molar-refractivity contribution in [3.05, 3.63) is 35.4 Å². The number of nitrogens with one attached hydrogen (secondary N) is 1. The molecule has 0 aliphatic carbocycles. The van der Waals surface area contributed by atoms with Crippen LogP contribution in [0.4, 0.5) is 0 Å². The summed E-state index contributed by atoms with van der Waals surface area (Å²) in [4.78, 5) is 0. The van der Waals surface area contributed by atoms with Crippen molar-refractivity contribution in [3.8, 4) is 0 Å². The van der Waals surface area contributed by atoms with Crippen LogP contribution in [0.5, 0.6) is 0 Å². The molecule has 2 atom stereocenters. The largest absolute Gasteiger partial charge is 0.393 e. The van der Waals surface area contributed by atoms with Crippen LogP contribution in [0.2, 0.25) is 0 Å². The van der Waals surface area contributed by atoms with Gasteiger partial charge in [0.2, 0.25) is 0 Å². The van der Waals surface area contributed by atoms with Gasteiger partial charge in [-0.3, -0.25) is 0 Å². The Morgan fingerprint density at radius 3 is 2.88 bits per heavy atom. The third-order valence-electron chi connectivity index (χ3n) is 3.26. The lowest BCUT2D eigenvalue weighted by molar-refractivity contribution is 0.195. The highest BCUT2D eigenvalue weighted by Gasteiger charge is 2.17. The highest BCUT2D eigenvalue weighted by atomic mass is 16.3. The molecule has 1 aromatic rings. The first-order chi connectivity index (χ1) is 7.77. The SMILES string of the molecule is CC(O)Cc1ccccc1C1CCCCN1. The van der Waals surface area contributed by atoms with Gasteiger partial charge in [-0.25, -0.2) is 0 Å². The molecule has 2 N–H and O–H groups in total. The monoisotopic (exact) mass is 219 g/mol. The molecule has 2 heteroatoms. The van der Waals surface area contributed by atoms with Crippen LogP contribution in [0, 0.1) is 0 Å². The van der Waals surface area contributed by atoms with Gasteiger partial charge in [0.05, 0.1) is 6.10 Å². The first kappa shape index (κ1) is 11.6. The molecule has 1 aliphatic heterocycles. The first-order valence-electron chi connectivity index (χ1n) is 6.26. The minimum absolute atomic E-state index is 0.259. The van der Waals surface area contributed by atoms with E-state index in [1.165, 1.54) is 30.4 Å². The third kappa shape index (κ3) is 2.83. The molecule has 1 aliphatic rings. The van der Waals surface area contributed by atoms with Gasteiger partial charge in [-0.1, -0.05) is 30.7 Å².